The summed E-state index contributed by atoms with van der Waals surface area (Å²) >= 11 is 0. The van der Waals surface area contributed by atoms with Crippen molar-refractivity contribution in [2.24, 2.45) is 0 Å². The summed E-state index contributed by atoms with van der Waals surface area (Å²) in [5.74, 6) is 1.83. The highest BCUT2D eigenvalue weighted by Crippen LogP contribution is 2.35. The quantitative estimate of drug-likeness (QED) is 0.0491. The maximum Gasteiger partial charge on any atom is 0.161 e. The minimum atomic E-state index is 0.770. The molecule has 0 heterocycles. The fraction of sp³-hybridized carbons (Fsp3) is 0.696. The zero-order valence-corrected chi connectivity index (χ0v) is 31.6. The van der Waals surface area contributed by atoms with E-state index in [0.717, 1.165) is 37.6 Å². The Morgan fingerprint density at radius 3 is 0.875 bits per heavy atom. The van der Waals surface area contributed by atoms with Gasteiger partial charge in [0.05, 0.1) is 13.2 Å². The average molecular weight is 659 g/mol. The molecule has 0 unspecified atom stereocenters. The summed E-state index contributed by atoms with van der Waals surface area (Å²) < 4.78 is 12.8. The van der Waals surface area contributed by atoms with Crippen molar-refractivity contribution in [1.82, 2.24) is 0 Å². The topological polar surface area (TPSA) is 18.5 Å². The number of rotatable bonds is 32. The van der Waals surface area contributed by atoms with E-state index in [9.17, 15) is 0 Å². The van der Waals surface area contributed by atoms with Gasteiger partial charge in [0.2, 0.25) is 0 Å². The summed E-state index contributed by atoms with van der Waals surface area (Å²) in [4.78, 5) is 0. The lowest BCUT2D eigenvalue weighted by Crippen LogP contribution is -2.03. The second-order valence-electron chi connectivity index (χ2n) is 14.7. The van der Waals surface area contributed by atoms with E-state index in [1.807, 2.05) is 0 Å². The molecule has 3 aromatic rings. The maximum absolute atomic E-state index is 6.41. The average Bonchev–Trinajstić information content (AvgIpc) is 3.10. The molecule has 3 aromatic carbocycles. The highest BCUT2D eigenvalue weighted by molar-refractivity contribution is 5.99. The van der Waals surface area contributed by atoms with Crippen molar-refractivity contribution < 1.29 is 9.47 Å². The summed E-state index contributed by atoms with van der Waals surface area (Å²) in [6.45, 7) is 6.14. The highest BCUT2D eigenvalue weighted by Gasteiger charge is 2.10. The van der Waals surface area contributed by atoms with Crippen LogP contribution in [0.2, 0.25) is 0 Å². The van der Waals surface area contributed by atoms with Gasteiger partial charge in [0.25, 0.3) is 0 Å². The van der Waals surface area contributed by atoms with Gasteiger partial charge in [-0.25, -0.2) is 0 Å². The summed E-state index contributed by atoms with van der Waals surface area (Å²) in [5.41, 5.74) is 0. The zero-order chi connectivity index (χ0) is 33.7. The largest absolute Gasteiger partial charge is 0.490 e. The van der Waals surface area contributed by atoms with E-state index in [2.05, 4.69) is 62.4 Å². The third-order valence-electron chi connectivity index (χ3n) is 10.3. The van der Waals surface area contributed by atoms with Gasteiger partial charge in [0.1, 0.15) is 0 Å². The van der Waals surface area contributed by atoms with E-state index >= 15 is 0 Å². The van der Waals surface area contributed by atoms with Gasteiger partial charge in [-0.3, -0.25) is 0 Å². The molecule has 0 fully saturated rings. The summed E-state index contributed by atoms with van der Waals surface area (Å²) in [6.07, 6.45) is 38.5. The predicted octanol–water partition coefficient (Wildman–Crippen LogP) is 15.7. The second kappa shape index (κ2) is 27.6. The number of hydrogen-bond donors (Lipinski definition) is 0. The summed E-state index contributed by atoms with van der Waals surface area (Å²) in [5, 5.41) is 5.01. The van der Waals surface area contributed by atoms with Gasteiger partial charge in [-0.2, -0.15) is 0 Å². The third-order valence-corrected chi connectivity index (χ3v) is 10.3. The predicted molar refractivity (Wildman–Crippen MR) is 213 cm³/mol. The van der Waals surface area contributed by atoms with Crippen LogP contribution in [0, 0.1) is 0 Å². The van der Waals surface area contributed by atoms with Crippen LogP contribution in [0.4, 0.5) is 0 Å². The molecule has 48 heavy (non-hydrogen) atoms. The zero-order valence-electron chi connectivity index (χ0n) is 31.6. The van der Waals surface area contributed by atoms with Crippen LogP contribution in [0.3, 0.4) is 0 Å². The number of fused-ring (bicyclic) bond motifs is 2. The Balaban J connectivity index is 1.31. The van der Waals surface area contributed by atoms with Crippen LogP contribution >= 0.6 is 0 Å². The molecule has 0 aliphatic carbocycles. The van der Waals surface area contributed by atoms with Crippen LogP contribution in [0.15, 0.2) is 48.5 Å². The number of ether oxygens (including phenoxy) is 2. The minimum absolute atomic E-state index is 0.770. The van der Waals surface area contributed by atoms with Crippen LogP contribution in [0.5, 0.6) is 11.5 Å². The Hall–Kier alpha value is -2.22. The first-order valence-corrected chi connectivity index (χ1v) is 21.0. The van der Waals surface area contributed by atoms with Crippen molar-refractivity contribution in [3.05, 3.63) is 48.5 Å². The SMILES string of the molecule is CCCCCCCCCCCCCCCCOc1cc2cc3ccccc3cc2cc1OCCCCCCCCCCCCCCCC. The van der Waals surface area contributed by atoms with Crippen LogP contribution < -0.4 is 9.47 Å². The van der Waals surface area contributed by atoms with Crippen molar-refractivity contribution in [1.29, 1.82) is 0 Å². The van der Waals surface area contributed by atoms with Crippen molar-refractivity contribution in [3.63, 3.8) is 0 Å². The molecular formula is C46H74O2. The van der Waals surface area contributed by atoms with Crippen LogP contribution in [-0.2, 0) is 0 Å². The molecular weight excluding hydrogens is 585 g/mol. The molecule has 0 radical (unpaired) electrons. The molecule has 0 amide bonds. The molecule has 0 saturated heterocycles. The molecule has 2 heteroatoms. The van der Waals surface area contributed by atoms with Crippen molar-refractivity contribution in [3.8, 4) is 11.5 Å². The van der Waals surface area contributed by atoms with E-state index in [1.54, 1.807) is 0 Å². The first kappa shape index (κ1) is 40.2. The van der Waals surface area contributed by atoms with E-state index in [-0.39, 0.29) is 0 Å². The Bertz CT molecular complexity index is 1090. The van der Waals surface area contributed by atoms with Crippen LogP contribution in [0.1, 0.15) is 194 Å². The third kappa shape index (κ3) is 18.0. The fourth-order valence-corrected chi connectivity index (χ4v) is 7.13. The van der Waals surface area contributed by atoms with E-state index in [4.69, 9.17) is 9.47 Å². The van der Waals surface area contributed by atoms with Gasteiger partial charge < -0.3 is 9.47 Å². The van der Waals surface area contributed by atoms with Gasteiger partial charge in [-0.1, -0.05) is 205 Å². The molecule has 0 aliphatic rings. The lowest BCUT2D eigenvalue weighted by molar-refractivity contribution is 0.259. The lowest BCUT2D eigenvalue weighted by atomic mass is 10.0. The lowest BCUT2D eigenvalue weighted by Gasteiger charge is -2.15. The van der Waals surface area contributed by atoms with Gasteiger partial charge >= 0.3 is 0 Å². The Morgan fingerprint density at radius 1 is 0.312 bits per heavy atom. The molecule has 0 saturated carbocycles. The van der Waals surface area contributed by atoms with Crippen molar-refractivity contribution in [2.45, 2.75) is 194 Å². The van der Waals surface area contributed by atoms with E-state index in [1.165, 1.54) is 188 Å². The normalized spacial score (nSPS) is 11.5. The molecule has 0 aliphatic heterocycles. The van der Waals surface area contributed by atoms with E-state index < -0.39 is 0 Å². The van der Waals surface area contributed by atoms with Crippen molar-refractivity contribution >= 4 is 21.5 Å². The molecule has 2 nitrogen and oxygen atoms in total. The monoisotopic (exact) mass is 659 g/mol. The summed E-state index contributed by atoms with van der Waals surface area (Å²) in [7, 11) is 0. The Kier molecular flexibility index (Phi) is 23.1. The second-order valence-corrected chi connectivity index (χ2v) is 14.7. The Morgan fingerprint density at radius 2 is 0.583 bits per heavy atom. The smallest absolute Gasteiger partial charge is 0.161 e. The van der Waals surface area contributed by atoms with Crippen LogP contribution in [0.25, 0.3) is 21.5 Å². The molecule has 0 atom stereocenters. The molecule has 270 valence electrons. The van der Waals surface area contributed by atoms with Gasteiger partial charge in [0.15, 0.2) is 11.5 Å². The molecule has 0 aromatic heterocycles. The molecule has 3 rings (SSSR count). The minimum Gasteiger partial charge on any atom is -0.490 e. The van der Waals surface area contributed by atoms with Crippen LogP contribution in [-0.4, -0.2) is 13.2 Å². The molecule has 0 spiro atoms. The Labute approximate surface area is 297 Å². The van der Waals surface area contributed by atoms with Crippen molar-refractivity contribution in [2.75, 3.05) is 13.2 Å². The highest BCUT2D eigenvalue weighted by atomic mass is 16.5. The standard InChI is InChI=1S/C46H74O2/c1-3-5-7-9-11-13-15-17-19-21-23-25-27-31-35-47-45-39-43-37-41-33-29-30-34-42(41)38-44(43)40-46(45)48-36-32-28-26-24-22-20-18-16-14-12-10-8-6-4-2/h29-30,33-34,37-40H,3-28,31-32,35-36H2,1-2H3. The van der Waals surface area contributed by atoms with Gasteiger partial charge in [0, 0.05) is 0 Å². The number of unbranched alkanes of at least 4 members (excludes halogenated alkanes) is 26. The maximum atomic E-state index is 6.41. The molecule has 0 bridgehead atoms. The van der Waals surface area contributed by atoms with Gasteiger partial charge in [-0.05, 0) is 58.7 Å². The first-order valence-electron chi connectivity index (χ1n) is 21.0. The summed E-state index contributed by atoms with van der Waals surface area (Å²) in [6, 6.07) is 17.7. The van der Waals surface area contributed by atoms with E-state index in [0.29, 0.717) is 0 Å². The molecule has 0 N–H and O–H groups in total. The number of benzene rings is 3. The number of hydrogen-bond acceptors (Lipinski definition) is 2. The fourth-order valence-electron chi connectivity index (χ4n) is 7.13. The first-order chi connectivity index (χ1) is 23.8. The van der Waals surface area contributed by atoms with Gasteiger partial charge in [-0.15, -0.1) is 0 Å².